The van der Waals surface area contributed by atoms with Gasteiger partial charge >= 0.3 is 0 Å². The molecule has 1 fully saturated rings. The zero-order chi connectivity index (χ0) is 20.2. The maximum absolute atomic E-state index is 13.0. The Kier molecular flexibility index (Phi) is 6.31. The molecule has 0 unspecified atom stereocenters. The first kappa shape index (κ1) is 20.1. The third-order valence-corrected chi connectivity index (χ3v) is 5.68. The van der Waals surface area contributed by atoms with Crippen LogP contribution in [0.3, 0.4) is 0 Å². The summed E-state index contributed by atoms with van der Waals surface area (Å²) >= 11 is 12.4. The zero-order valence-electron chi connectivity index (χ0n) is 15.9. The van der Waals surface area contributed by atoms with E-state index in [4.69, 9.17) is 32.9 Å². The summed E-state index contributed by atoms with van der Waals surface area (Å²) < 4.78 is 5.38. The number of nitrogens with zero attached hydrogens (tertiary/aromatic N) is 1. The van der Waals surface area contributed by atoms with Gasteiger partial charge in [0, 0.05) is 16.0 Å². The van der Waals surface area contributed by atoms with Gasteiger partial charge < -0.3 is 15.0 Å². The summed E-state index contributed by atoms with van der Waals surface area (Å²) in [5.74, 6) is -0.109. The highest BCUT2D eigenvalue weighted by Crippen LogP contribution is 2.31. The molecule has 0 spiro atoms. The van der Waals surface area contributed by atoms with Crippen LogP contribution in [0, 0.1) is 0 Å². The van der Waals surface area contributed by atoms with Crippen LogP contribution in [-0.2, 0) is 4.74 Å². The maximum Gasteiger partial charge on any atom is 0.252 e. The van der Waals surface area contributed by atoms with Crippen molar-refractivity contribution in [3.8, 4) is 11.3 Å². The summed E-state index contributed by atoms with van der Waals surface area (Å²) in [7, 11) is 0. The molecule has 0 aliphatic carbocycles. The van der Waals surface area contributed by atoms with Crippen LogP contribution in [-0.4, -0.2) is 50.3 Å². The molecule has 0 atom stereocenters. The van der Waals surface area contributed by atoms with Crippen molar-refractivity contribution in [3.63, 3.8) is 0 Å². The number of pyridine rings is 1. The molecule has 0 radical (unpaired) electrons. The topological polar surface area (TPSA) is 55.7 Å². The average molecular weight is 431 g/mol. The number of rotatable bonds is 5. The number of benzene rings is 2. The largest absolute Gasteiger partial charge is 0.370 e. The Morgan fingerprint density at radius 3 is 2.69 bits per heavy atom. The third kappa shape index (κ3) is 4.70. The molecule has 5 nitrogen and oxygen atoms in total. The Hall–Kier alpha value is -2.18. The first-order valence-corrected chi connectivity index (χ1v) is 10.4. The Morgan fingerprint density at radius 2 is 1.90 bits per heavy atom. The number of morpholine rings is 1. The number of hydrogen-bond donors (Lipinski definition) is 2. The van der Waals surface area contributed by atoms with Gasteiger partial charge in [-0.05, 0) is 30.3 Å². The van der Waals surface area contributed by atoms with E-state index in [1.807, 2.05) is 30.3 Å². The van der Waals surface area contributed by atoms with Gasteiger partial charge in [0.15, 0.2) is 0 Å². The van der Waals surface area contributed by atoms with E-state index in [1.165, 1.54) is 4.90 Å². The van der Waals surface area contributed by atoms with Gasteiger partial charge in [0.2, 0.25) is 0 Å². The number of ether oxygens (including phenoxy) is 1. The summed E-state index contributed by atoms with van der Waals surface area (Å²) in [6, 6.07) is 14.7. The van der Waals surface area contributed by atoms with Gasteiger partial charge in [-0.3, -0.25) is 4.79 Å². The monoisotopic (exact) mass is 430 g/mol. The Labute approximate surface area is 179 Å². The number of para-hydroxylation sites is 1. The van der Waals surface area contributed by atoms with Crippen LogP contribution in [0.2, 0.25) is 10.0 Å². The lowest BCUT2D eigenvalue weighted by molar-refractivity contribution is -0.906. The number of halogens is 2. The van der Waals surface area contributed by atoms with Crippen LogP contribution >= 0.6 is 23.2 Å². The fraction of sp³-hybridized carbons (Fsp3) is 0.273. The second kappa shape index (κ2) is 9.09. The standard InChI is InChI=1S/C22H21Cl2N3O2/c23-15-5-6-17(19(24)13-15)21-14-18(16-3-1-2-4-20(16)26-21)22(28)25-7-8-27-9-11-29-12-10-27/h1-6,13-14H,7-12H2,(H,25,28)/p+1. The van der Waals surface area contributed by atoms with Gasteiger partial charge in [0.05, 0.1) is 48.1 Å². The lowest BCUT2D eigenvalue weighted by atomic mass is 10.0. The van der Waals surface area contributed by atoms with Crippen molar-refractivity contribution in [1.82, 2.24) is 10.3 Å². The van der Waals surface area contributed by atoms with Crippen molar-refractivity contribution >= 4 is 40.0 Å². The van der Waals surface area contributed by atoms with Crippen molar-refractivity contribution in [2.75, 3.05) is 39.4 Å². The highest BCUT2D eigenvalue weighted by Gasteiger charge is 2.17. The van der Waals surface area contributed by atoms with Crippen LogP contribution in [0.5, 0.6) is 0 Å². The highest BCUT2D eigenvalue weighted by atomic mass is 35.5. The molecule has 3 aromatic rings. The van der Waals surface area contributed by atoms with Gasteiger partial charge in [0.1, 0.15) is 13.1 Å². The van der Waals surface area contributed by atoms with Gasteiger partial charge in [0.25, 0.3) is 5.91 Å². The Balaban J connectivity index is 1.61. The molecule has 2 heterocycles. The molecule has 1 aromatic heterocycles. The second-order valence-electron chi connectivity index (χ2n) is 7.06. The van der Waals surface area contributed by atoms with Gasteiger partial charge in [-0.15, -0.1) is 0 Å². The van der Waals surface area contributed by atoms with Gasteiger partial charge in [-0.1, -0.05) is 41.4 Å². The van der Waals surface area contributed by atoms with E-state index >= 15 is 0 Å². The molecule has 4 rings (SSSR count). The number of fused-ring (bicyclic) bond motifs is 1. The van der Waals surface area contributed by atoms with Crippen LogP contribution in [0.25, 0.3) is 22.2 Å². The lowest BCUT2D eigenvalue weighted by Gasteiger charge is -2.23. The van der Waals surface area contributed by atoms with E-state index in [0.29, 0.717) is 27.8 Å². The quantitative estimate of drug-likeness (QED) is 0.654. The zero-order valence-corrected chi connectivity index (χ0v) is 17.4. The van der Waals surface area contributed by atoms with Crippen LogP contribution in [0.15, 0.2) is 48.5 Å². The molecule has 2 aromatic carbocycles. The summed E-state index contributed by atoms with van der Waals surface area (Å²) in [5, 5.41) is 4.94. The predicted octanol–water partition coefficient (Wildman–Crippen LogP) is 2.85. The molecule has 1 saturated heterocycles. The number of amides is 1. The molecule has 1 aliphatic heterocycles. The minimum absolute atomic E-state index is 0.109. The number of aromatic nitrogens is 1. The normalized spacial score (nSPS) is 14.8. The lowest BCUT2D eigenvalue weighted by Crippen LogP contribution is -3.14. The molecular weight excluding hydrogens is 409 g/mol. The van der Waals surface area contributed by atoms with E-state index in [2.05, 4.69) is 5.32 Å². The van der Waals surface area contributed by atoms with Crippen LogP contribution in [0.1, 0.15) is 10.4 Å². The minimum atomic E-state index is -0.109. The summed E-state index contributed by atoms with van der Waals surface area (Å²) in [6.07, 6.45) is 0. The highest BCUT2D eigenvalue weighted by molar-refractivity contribution is 6.36. The first-order chi connectivity index (χ1) is 14.1. The Morgan fingerprint density at radius 1 is 1.10 bits per heavy atom. The second-order valence-corrected chi connectivity index (χ2v) is 7.91. The fourth-order valence-electron chi connectivity index (χ4n) is 3.56. The summed E-state index contributed by atoms with van der Waals surface area (Å²) in [4.78, 5) is 19.2. The molecule has 1 amide bonds. The van der Waals surface area contributed by atoms with Crippen molar-refractivity contribution in [2.45, 2.75) is 0 Å². The number of nitrogens with one attached hydrogen (secondary N) is 2. The molecule has 2 N–H and O–H groups in total. The van der Waals surface area contributed by atoms with Crippen LogP contribution < -0.4 is 10.2 Å². The number of carbonyl (C=O) groups excluding carboxylic acids is 1. The number of hydrogen-bond acceptors (Lipinski definition) is 3. The predicted molar refractivity (Wildman–Crippen MR) is 116 cm³/mol. The van der Waals surface area contributed by atoms with E-state index in [1.54, 1.807) is 18.2 Å². The number of carbonyl (C=O) groups is 1. The van der Waals surface area contributed by atoms with Crippen molar-refractivity contribution < 1.29 is 14.4 Å². The molecule has 0 bridgehead atoms. The maximum atomic E-state index is 13.0. The van der Waals surface area contributed by atoms with E-state index in [-0.39, 0.29) is 5.91 Å². The summed E-state index contributed by atoms with van der Waals surface area (Å²) in [5.41, 5.74) is 2.73. The molecule has 7 heteroatoms. The van der Waals surface area contributed by atoms with Gasteiger partial charge in [-0.2, -0.15) is 0 Å². The van der Waals surface area contributed by atoms with Crippen molar-refractivity contribution in [1.29, 1.82) is 0 Å². The third-order valence-electron chi connectivity index (χ3n) is 5.13. The average Bonchev–Trinajstić information content (AvgIpc) is 2.73. The smallest absolute Gasteiger partial charge is 0.252 e. The fourth-order valence-corrected chi connectivity index (χ4v) is 4.06. The van der Waals surface area contributed by atoms with Gasteiger partial charge in [-0.25, -0.2) is 4.98 Å². The van der Waals surface area contributed by atoms with E-state index in [0.717, 1.165) is 49.3 Å². The Bertz CT molecular complexity index is 1040. The summed E-state index contributed by atoms with van der Waals surface area (Å²) in [6.45, 7) is 5.02. The minimum Gasteiger partial charge on any atom is -0.370 e. The van der Waals surface area contributed by atoms with E-state index < -0.39 is 0 Å². The molecule has 150 valence electrons. The van der Waals surface area contributed by atoms with E-state index in [9.17, 15) is 4.79 Å². The molecule has 29 heavy (non-hydrogen) atoms. The number of quaternary nitrogens is 1. The van der Waals surface area contributed by atoms with Crippen LogP contribution in [0.4, 0.5) is 0 Å². The molecule has 1 aliphatic rings. The SMILES string of the molecule is O=C(NCC[NH+]1CCOCC1)c1cc(-c2ccc(Cl)cc2Cl)nc2ccccc12. The first-order valence-electron chi connectivity index (χ1n) is 9.66. The van der Waals surface area contributed by atoms with Crippen molar-refractivity contribution in [2.24, 2.45) is 0 Å². The van der Waals surface area contributed by atoms with Crippen molar-refractivity contribution in [3.05, 3.63) is 64.1 Å². The molecule has 0 saturated carbocycles. The molecular formula is C22H22Cl2N3O2+.